The van der Waals surface area contributed by atoms with E-state index in [1.165, 1.54) is 0 Å². The van der Waals surface area contributed by atoms with Gasteiger partial charge in [-0.1, -0.05) is 0 Å². The van der Waals surface area contributed by atoms with Crippen LogP contribution in [0.25, 0.3) is 11.2 Å². The first-order valence-corrected chi connectivity index (χ1v) is 4.71. The van der Waals surface area contributed by atoms with E-state index >= 15 is 0 Å². The number of pyridine rings is 1. The van der Waals surface area contributed by atoms with Crippen LogP contribution in [0.1, 0.15) is 6.92 Å². The van der Waals surface area contributed by atoms with Crippen molar-refractivity contribution in [1.82, 2.24) is 20.1 Å². The lowest BCUT2D eigenvalue weighted by Crippen LogP contribution is -2.15. The van der Waals surface area contributed by atoms with Gasteiger partial charge in [-0.3, -0.25) is 0 Å². The van der Waals surface area contributed by atoms with Crippen LogP contribution in [0.15, 0.2) is 16.7 Å². The van der Waals surface area contributed by atoms with Crippen LogP contribution in [0.2, 0.25) is 0 Å². The lowest BCUT2D eigenvalue weighted by atomic mass is 10.4. The van der Waals surface area contributed by atoms with Crippen LogP contribution in [0.4, 0.5) is 0 Å². The molecule has 0 aliphatic heterocycles. The van der Waals surface area contributed by atoms with Crippen molar-refractivity contribution in [3.8, 4) is 0 Å². The maximum absolute atomic E-state index is 4.10. The Labute approximate surface area is 83.2 Å². The molecule has 0 spiro atoms. The van der Waals surface area contributed by atoms with E-state index < -0.39 is 0 Å². The Balaban J connectivity index is 2.58. The fourth-order valence-electron chi connectivity index (χ4n) is 1.06. The van der Waals surface area contributed by atoms with Crippen molar-refractivity contribution < 1.29 is 0 Å². The van der Waals surface area contributed by atoms with Crippen LogP contribution >= 0.6 is 15.9 Å². The Hall–Kier alpha value is -1.17. The largest absolute Gasteiger partial charge is 0.308 e. The molecule has 0 bridgehead atoms. The molecule has 0 unspecified atom stereocenters. The Morgan fingerprint density at radius 3 is 3.23 bits per heavy atom. The third kappa shape index (κ3) is 1.49. The minimum atomic E-state index is 0.643. The van der Waals surface area contributed by atoms with E-state index in [-0.39, 0.29) is 0 Å². The van der Waals surface area contributed by atoms with Gasteiger partial charge in [-0.2, -0.15) is 4.79 Å². The van der Waals surface area contributed by atoms with Crippen LogP contribution in [0, 0.1) is 0 Å². The van der Waals surface area contributed by atoms with Gasteiger partial charge in [0.05, 0.1) is 0 Å². The molecule has 5 nitrogen and oxygen atoms in total. The molecule has 0 fully saturated rings. The predicted molar refractivity (Wildman–Crippen MR) is 52.9 cm³/mol. The second kappa shape index (κ2) is 3.29. The molecule has 2 aromatic rings. The van der Waals surface area contributed by atoms with Crippen molar-refractivity contribution in [1.29, 1.82) is 0 Å². The molecule has 1 N–H and O–H groups in total. The summed E-state index contributed by atoms with van der Waals surface area (Å²) in [5, 5.41) is 7.80. The molecule has 0 saturated heterocycles. The highest BCUT2D eigenvalue weighted by Gasteiger charge is 2.04. The molecule has 0 aliphatic rings. The third-order valence-electron chi connectivity index (χ3n) is 1.58. The summed E-state index contributed by atoms with van der Waals surface area (Å²) >= 11 is 3.34. The molecule has 2 heterocycles. The van der Waals surface area contributed by atoms with Crippen LogP contribution in [-0.4, -0.2) is 26.6 Å². The zero-order valence-corrected chi connectivity index (χ0v) is 8.61. The first kappa shape index (κ1) is 8.43. The Bertz CT molecular complexity index is 424. The number of hydrogen-bond acceptors (Lipinski definition) is 4. The summed E-state index contributed by atoms with van der Waals surface area (Å²) in [5.74, 6) is 0. The van der Waals surface area contributed by atoms with Gasteiger partial charge in [0.2, 0.25) is 5.65 Å². The molecule has 0 aliphatic carbocycles. The average Bonchev–Trinajstić information content (AvgIpc) is 2.49. The number of halogens is 1. The van der Waals surface area contributed by atoms with Crippen molar-refractivity contribution in [2.75, 3.05) is 12.0 Å². The number of fused-ring (bicyclic) bond motifs is 1. The van der Waals surface area contributed by atoms with Crippen LogP contribution < -0.4 is 5.43 Å². The highest BCUT2D eigenvalue weighted by atomic mass is 79.9. The van der Waals surface area contributed by atoms with Crippen LogP contribution in [0.3, 0.4) is 0 Å². The Morgan fingerprint density at radius 1 is 1.62 bits per heavy atom. The van der Waals surface area contributed by atoms with E-state index in [0.29, 0.717) is 5.65 Å². The van der Waals surface area contributed by atoms with Gasteiger partial charge in [0, 0.05) is 17.2 Å². The van der Waals surface area contributed by atoms with E-state index in [1.807, 2.05) is 13.0 Å². The summed E-state index contributed by atoms with van der Waals surface area (Å²) in [6.45, 7) is 2.80. The number of aromatic nitrogens is 4. The fourth-order valence-corrected chi connectivity index (χ4v) is 1.38. The van der Waals surface area contributed by atoms with E-state index in [9.17, 15) is 0 Å². The Kier molecular flexibility index (Phi) is 2.13. The maximum Gasteiger partial charge on any atom is 0.204 e. The molecule has 6 heteroatoms. The minimum Gasteiger partial charge on any atom is -0.308 e. The average molecular weight is 242 g/mol. The summed E-state index contributed by atoms with van der Waals surface area (Å²) < 4.78 is 0.918. The number of hydrogen-bond donors (Lipinski definition) is 1. The quantitative estimate of drug-likeness (QED) is 0.858. The normalized spacial score (nSPS) is 10.6. The summed E-state index contributed by atoms with van der Waals surface area (Å²) in [6.07, 6.45) is 1.70. The van der Waals surface area contributed by atoms with Gasteiger partial charge in [0.1, 0.15) is 5.52 Å². The van der Waals surface area contributed by atoms with Gasteiger partial charge < -0.3 is 5.43 Å². The summed E-state index contributed by atoms with van der Waals surface area (Å²) in [6, 6.07) is 1.92. The molecule has 0 radical (unpaired) electrons. The molecule has 0 saturated carbocycles. The van der Waals surface area contributed by atoms with Crippen molar-refractivity contribution in [2.45, 2.75) is 6.92 Å². The van der Waals surface area contributed by atoms with Crippen molar-refractivity contribution >= 4 is 27.1 Å². The van der Waals surface area contributed by atoms with E-state index in [0.717, 1.165) is 16.5 Å². The molecule has 68 valence electrons. The SMILES string of the molecule is CCNn1nnc2ncc(Br)cc21. The zero-order chi connectivity index (χ0) is 9.26. The van der Waals surface area contributed by atoms with E-state index in [1.54, 1.807) is 11.0 Å². The second-order valence-electron chi connectivity index (χ2n) is 2.51. The standard InChI is InChI=1S/C7H8BrN5/c1-2-10-13-6-3-5(8)4-9-7(6)11-12-13/h3-4,10H,2H2,1H3. The van der Waals surface area contributed by atoms with Gasteiger partial charge in [0.15, 0.2) is 0 Å². The van der Waals surface area contributed by atoms with Gasteiger partial charge in [-0.15, -0.1) is 5.10 Å². The van der Waals surface area contributed by atoms with Crippen LogP contribution in [-0.2, 0) is 0 Å². The molecule has 2 aromatic heterocycles. The number of rotatable bonds is 2. The molecular weight excluding hydrogens is 234 g/mol. The van der Waals surface area contributed by atoms with E-state index in [4.69, 9.17) is 0 Å². The van der Waals surface area contributed by atoms with Crippen LogP contribution in [0.5, 0.6) is 0 Å². The summed E-state index contributed by atoms with van der Waals surface area (Å²) in [4.78, 5) is 5.72. The third-order valence-corrected chi connectivity index (χ3v) is 2.01. The summed E-state index contributed by atoms with van der Waals surface area (Å²) in [5.41, 5.74) is 4.55. The predicted octanol–water partition coefficient (Wildman–Crippen LogP) is 1.15. The number of nitrogens with one attached hydrogen (secondary N) is 1. The molecule has 0 amide bonds. The monoisotopic (exact) mass is 241 g/mol. The van der Waals surface area contributed by atoms with Gasteiger partial charge in [-0.25, -0.2) is 4.98 Å². The van der Waals surface area contributed by atoms with Crippen molar-refractivity contribution in [3.63, 3.8) is 0 Å². The Morgan fingerprint density at radius 2 is 2.46 bits per heavy atom. The summed E-state index contributed by atoms with van der Waals surface area (Å²) in [7, 11) is 0. The maximum atomic E-state index is 4.10. The van der Waals surface area contributed by atoms with Gasteiger partial charge in [0.25, 0.3) is 0 Å². The smallest absolute Gasteiger partial charge is 0.204 e. The van der Waals surface area contributed by atoms with E-state index in [2.05, 4.69) is 36.7 Å². The second-order valence-corrected chi connectivity index (χ2v) is 3.42. The lowest BCUT2D eigenvalue weighted by molar-refractivity contribution is 0.721. The first-order valence-electron chi connectivity index (χ1n) is 3.92. The first-order chi connectivity index (χ1) is 6.31. The minimum absolute atomic E-state index is 0.643. The molecule has 13 heavy (non-hydrogen) atoms. The highest BCUT2D eigenvalue weighted by Crippen LogP contribution is 2.13. The molecule has 0 atom stereocenters. The van der Waals surface area contributed by atoms with Crippen molar-refractivity contribution in [2.24, 2.45) is 0 Å². The molecule has 0 aromatic carbocycles. The highest BCUT2D eigenvalue weighted by molar-refractivity contribution is 9.10. The zero-order valence-electron chi connectivity index (χ0n) is 7.03. The number of nitrogens with zero attached hydrogens (tertiary/aromatic N) is 4. The van der Waals surface area contributed by atoms with Crippen molar-refractivity contribution in [3.05, 3.63) is 16.7 Å². The van der Waals surface area contributed by atoms with Gasteiger partial charge in [-0.05, 0) is 34.1 Å². The lowest BCUT2D eigenvalue weighted by Gasteiger charge is -2.01. The topological polar surface area (TPSA) is 55.6 Å². The van der Waals surface area contributed by atoms with Gasteiger partial charge >= 0.3 is 0 Å². The molecule has 2 rings (SSSR count). The fraction of sp³-hybridized carbons (Fsp3) is 0.286. The molecular formula is C7H8BrN5.